The number of likely N-dealkylation sites (tertiary alicyclic amines) is 1. The molecule has 3 aliphatic rings. The molecule has 7 atom stereocenters. The van der Waals surface area contributed by atoms with Crippen LogP contribution in [0.1, 0.15) is 71.8 Å². The molecule has 2 unspecified atom stereocenters. The van der Waals surface area contributed by atoms with Crippen LogP contribution < -0.4 is 10.6 Å². The third-order valence-electron chi connectivity index (χ3n) is 9.13. The number of rotatable bonds is 12. The zero-order valence-electron chi connectivity index (χ0n) is 22.7. The highest BCUT2D eigenvalue weighted by Gasteiger charge is 2.79. The van der Waals surface area contributed by atoms with E-state index in [1.54, 1.807) is 4.90 Å². The molecule has 3 aliphatic heterocycles. The fourth-order valence-corrected chi connectivity index (χ4v) is 6.91. The summed E-state index contributed by atoms with van der Waals surface area (Å²) < 4.78 is 6.79. The Balaban J connectivity index is 1.71. The maximum absolute atomic E-state index is 14.3. The van der Waals surface area contributed by atoms with Gasteiger partial charge in [0.15, 0.2) is 0 Å². The van der Waals surface area contributed by atoms with Crippen LogP contribution in [0.5, 0.6) is 0 Å². The van der Waals surface area contributed by atoms with E-state index in [-0.39, 0.29) is 30.2 Å². The van der Waals surface area contributed by atoms with Gasteiger partial charge >= 0.3 is 0 Å². The van der Waals surface area contributed by atoms with E-state index in [0.717, 1.165) is 24.8 Å². The maximum Gasteiger partial charge on any atom is 0.245 e. The minimum Gasteiger partial charge on any atom is -0.394 e. The second kappa shape index (κ2) is 11.1. The number of benzene rings is 1. The van der Waals surface area contributed by atoms with Crippen LogP contribution in [-0.2, 0) is 25.7 Å². The van der Waals surface area contributed by atoms with Crippen molar-refractivity contribution in [2.24, 2.45) is 17.8 Å². The largest absolute Gasteiger partial charge is 0.394 e. The van der Waals surface area contributed by atoms with Crippen molar-refractivity contribution in [2.45, 2.75) is 96.1 Å². The summed E-state index contributed by atoms with van der Waals surface area (Å²) in [6.45, 7) is 8.68. The van der Waals surface area contributed by atoms with Crippen molar-refractivity contribution in [2.75, 3.05) is 13.2 Å². The van der Waals surface area contributed by atoms with Crippen molar-refractivity contribution in [3.63, 3.8) is 0 Å². The van der Waals surface area contributed by atoms with Crippen LogP contribution in [0.15, 0.2) is 30.3 Å². The van der Waals surface area contributed by atoms with Crippen molar-refractivity contribution >= 4 is 17.7 Å². The van der Waals surface area contributed by atoms with Gasteiger partial charge < -0.3 is 25.4 Å². The lowest BCUT2D eigenvalue weighted by Gasteiger charge is -2.39. The molecule has 3 saturated heterocycles. The topological polar surface area (TPSA) is 108 Å². The highest BCUT2D eigenvalue weighted by atomic mass is 16.5. The maximum atomic E-state index is 14.3. The molecule has 0 aliphatic carbocycles. The predicted molar refractivity (Wildman–Crippen MR) is 140 cm³/mol. The third kappa shape index (κ3) is 4.56. The summed E-state index contributed by atoms with van der Waals surface area (Å²) in [6.07, 6.45) is 4.27. The minimum atomic E-state index is -1.07. The monoisotopic (exact) mass is 513 g/mol. The SMILES string of the molecule is CCCCNC(=O)C1N([C@@H](CO)[C@@H](C)CC)C(=O)[C@@H]2[C@@H](C(=O)NCc3ccccc3)[C@@]3(CC)CCC12O3. The molecule has 3 N–H and O–H groups in total. The summed E-state index contributed by atoms with van der Waals surface area (Å²) in [6, 6.07) is 8.29. The summed E-state index contributed by atoms with van der Waals surface area (Å²) in [5.41, 5.74) is -0.871. The fraction of sp³-hybridized carbons (Fsp3) is 0.690. The normalized spacial score (nSPS) is 31.8. The molecule has 8 heteroatoms. The van der Waals surface area contributed by atoms with Gasteiger partial charge in [0.2, 0.25) is 17.7 Å². The highest BCUT2D eigenvalue weighted by Crippen LogP contribution is 2.64. The molecule has 8 nitrogen and oxygen atoms in total. The van der Waals surface area contributed by atoms with E-state index in [0.29, 0.717) is 32.4 Å². The van der Waals surface area contributed by atoms with Crippen molar-refractivity contribution in [3.05, 3.63) is 35.9 Å². The lowest BCUT2D eigenvalue weighted by molar-refractivity contribution is -0.152. The fourth-order valence-electron chi connectivity index (χ4n) is 6.91. The zero-order valence-corrected chi connectivity index (χ0v) is 22.7. The molecule has 4 rings (SSSR count). The average molecular weight is 514 g/mol. The molecule has 0 saturated carbocycles. The Hall–Kier alpha value is -2.45. The van der Waals surface area contributed by atoms with Gasteiger partial charge in [-0.1, -0.05) is 70.9 Å². The number of unbranched alkanes of at least 4 members (excludes halogenated alkanes) is 1. The molecular weight excluding hydrogens is 470 g/mol. The van der Waals surface area contributed by atoms with Gasteiger partial charge in [-0.25, -0.2) is 0 Å². The Labute approximate surface area is 220 Å². The van der Waals surface area contributed by atoms with E-state index < -0.39 is 35.1 Å². The molecule has 1 aromatic carbocycles. The van der Waals surface area contributed by atoms with E-state index in [4.69, 9.17) is 4.74 Å². The number of hydrogen-bond acceptors (Lipinski definition) is 5. The molecule has 3 heterocycles. The van der Waals surface area contributed by atoms with E-state index in [9.17, 15) is 19.5 Å². The number of aliphatic hydroxyl groups is 1. The molecule has 204 valence electrons. The van der Waals surface area contributed by atoms with Crippen LogP contribution in [0.3, 0.4) is 0 Å². The lowest BCUT2D eigenvalue weighted by Crippen LogP contribution is -2.59. The van der Waals surface area contributed by atoms with E-state index >= 15 is 0 Å². The van der Waals surface area contributed by atoms with Crippen molar-refractivity contribution < 1.29 is 24.2 Å². The Bertz CT molecular complexity index is 987. The number of nitrogens with one attached hydrogen (secondary N) is 2. The summed E-state index contributed by atoms with van der Waals surface area (Å²) in [5.74, 6) is -2.15. The number of hydrogen-bond donors (Lipinski definition) is 3. The van der Waals surface area contributed by atoms with Gasteiger partial charge in [0.25, 0.3) is 0 Å². The number of nitrogens with zero attached hydrogens (tertiary/aromatic N) is 1. The van der Waals surface area contributed by atoms with Crippen LogP contribution >= 0.6 is 0 Å². The first-order valence-electron chi connectivity index (χ1n) is 14.0. The van der Waals surface area contributed by atoms with Gasteiger partial charge in [0.05, 0.1) is 30.1 Å². The van der Waals surface area contributed by atoms with Gasteiger partial charge in [-0.3, -0.25) is 14.4 Å². The zero-order chi connectivity index (χ0) is 26.8. The quantitative estimate of drug-likeness (QED) is 0.373. The highest BCUT2D eigenvalue weighted by molar-refractivity contribution is 5.99. The van der Waals surface area contributed by atoms with Crippen LogP contribution in [0.4, 0.5) is 0 Å². The molecular formula is C29H43N3O5. The van der Waals surface area contributed by atoms with Crippen LogP contribution in [-0.4, -0.2) is 64.2 Å². The smallest absolute Gasteiger partial charge is 0.245 e. The minimum absolute atomic E-state index is 0.0159. The number of ether oxygens (including phenoxy) is 1. The standard InChI is InChI=1S/C29H43N3O5/c1-5-8-16-30-26(35)24-29-15-14-28(7-3,37-29)22(25(34)31-17-20-12-10-9-11-13-20)23(29)27(36)32(24)21(18-33)19(4)6-2/h9-13,19,21-24,33H,5-8,14-18H2,1-4H3,(H,30,35)(H,31,34)/t19-,21-,22-,23-,24?,28+,29?/m0/s1. The van der Waals surface area contributed by atoms with Gasteiger partial charge in [0, 0.05) is 13.1 Å². The van der Waals surface area contributed by atoms with Gasteiger partial charge in [-0.2, -0.15) is 0 Å². The number of amides is 3. The van der Waals surface area contributed by atoms with Crippen LogP contribution in [0.25, 0.3) is 0 Å². The van der Waals surface area contributed by atoms with Crippen molar-refractivity contribution in [1.82, 2.24) is 15.5 Å². The van der Waals surface area contributed by atoms with E-state index in [1.165, 1.54) is 0 Å². The third-order valence-corrected chi connectivity index (χ3v) is 9.13. The number of aliphatic hydroxyl groups excluding tert-OH is 1. The van der Waals surface area contributed by atoms with Gasteiger partial charge in [-0.05, 0) is 37.2 Å². The number of carbonyl (C=O) groups is 3. The van der Waals surface area contributed by atoms with Crippen molar-refractivity contribution in [3.8, 4) is 0 Å². The Morgan fingerprint density at radius 2 is 1.86 bits per heavy atom. The molecule has 37 heavy (non-hydrogen) atoms. The van der Waals surface area contributed by atoms with Crippen LogP contribution in [0.2, 0.25) is 0 Å². The Kier molecular flexibility index (Phi) is 8.29. The number of fused-ring (bicyclic) bond motifs is 1. The molecule has 2 bridgehead atoms. The first-order valence-corrected chi connectivity index (χ1v) is 14.0. The van der Waals surface area contributed by atoms with Gasteiger partial charge in [-0.15, -0.1) is 0 Å². The second-order valence-corrected chi connectivity index (χ2v) is 11.1. The predicted octanol–water partition coefficient (Wildman–Crippen LogP) is 2.78. The molecule has 3 amide bonds. The average Bonchev–Trinajstić information content (AvgIpc) is 3.52. The summed E-state index contributed by atoms with van der Waals surface area (Å²) in [7, 11) is 0. The first kappa shape index (κ1) is 27.6. The molecule has 0 radical (unpaired) electrons. The molecule has 1 aromatic rings. The lowest BCUT2D eigenvalue weighted by atomic mass is 9.65. The summed E-state index contributed by atoms with van der Waals surface area (Å²) in [5, 5.41) is 16.5. The molecule has 3 fully saturated rings. The first-order chi connectivity index (χ1) is 17.8. The Morgan fingerprint density at radius 3 is 2.49 bits per heavy atom. The van der Waals surface area contributed by atoms with E-state index in [2.05, 4.69) is 17.6 Å². The molecule has 0 aromatic heterocycles. The van der Waals surface area contributed by atoms with Crippen LogP contribution in [0, 0.1) is 17.8 Å². The number of carbonyl (C=O) groups excluding carboxylic acids is 3. The van der Waals surface area contributed by atoms with Gasteiger partial charge in [0.1, 0.15) is 11.6 Å². The van der Waals surface area contributed by atoms with E-state index in [1.807, 2.05) is 51.1 Å². The van der Waals surface area contributed by atoms with Crippen molar-refractivity contribution in [1.29, 1.82) is 0 Å². The molecule has 1 spiro atoms. The Morgan fingerprint density at radius 1 is 1.14 bits per heavy atom. The summed E-state index contributed by atoms with van der Waals surface area (Å²) in [4.78, 5) is 43.4. The summed E-state index contributed by atoms with van der Waals surface area (Å²) >= 11 is 0. The second-order valence-electron chi connectivity index (χ2n) is 11.1.